The van der Waals surface area contributed by atoms with Gasteiger partial charge in [0.15, 0.2) is 12.2 Å². The zero-order chi connectivity index (χ0) is 25.6. The highest BCUT2D eigenvalue weighted by molar-refractivity contribution is 7.92. The summed E-state index contributed by atoms with van der Waals surface area (Å²) in [4.78, 5) is 23.5. The predicted octanol–water partition coefficient (Wildman–Crippen LogP) is 1.63. The van der Waals surface area contributed by atoms with E-state index in [0.717, 1.165) is 19.4 Å². The van der Waals surface area contributed by atoms with Crippen LogP contribution in [-0.4, -0.2) is 69.0 Å². The van der Waals surface area contributed by atoms with Gasteiger partial charge in [-0.05, 0) is 29.8 Å². The quantitative estimate of drug-likeness (QED) is 0.498. The molecule has 3 rings (SSSR count). The van der Waals surface area contributed by atoms with Crippen LogP contribution in [0.3, 0.4) is 0 Å². The van der Waals surface area contributed by atoms with Crippen LogP contribution in [0.25, 0.3) is 0 Å². The molecule has 0 aliphatic carbocycles. The number of sulfone groups is 1. The summed E-state index contributed by atoms with van der Waals surface area (Å²) in [6.07, 6.45) is -5.83. The molecule has 11 heteroatoms. The summed E-state index contributed by atoms with van der Waals surface area (Å²) < 4.78 is 53.8. The largest absolute Gasteiger partial charge is 0.497 e. The molecule has 1 heterocycles. The van der Waals surface area contributed by atoms with Crippen molar-refractivity contribution in [2.24, 2.45) is 0 Å². The molecule has 0 aromatic heterocycles. The van der Waals surface area contributed by atoms with Crippen molar-refractivity contribution in [3.63, 3.8) is 0 Å². The van der Waals surface area contributed by atoms with Gasteiger partial charge in [0, 0.05) is 13.8 Å². The first-order chi connectivity index (χ1) is 16.6. The summed E-state index contributed by atoms with van der Waals surface area (Å²) >= 11 is 0. The highest BCUT2D eigenvalue weighted by Crippen LogP contribution is 2.32. The molecular weight excluding hydrogens is 480 g/mol. The Morgan fingerprint density at radius 1 is 0.943 bits per heavy atom. The van der Waals surface area contributed by atoms with Crippen molar-refractivity contribution in [1.82, 2.24) is 0 Å². The van der Waals surface area contributed by atoms with Crippen molar-refractivity contribution < 1.29 is 46.8 Å². The number of carbonyl (C=O) groups excluding carboxylic acids is 2. The van der Waals surface area contributed by atoms with Crippen molar-refractivity contribution in [1.29, 1.82) is 0 Å². The van der Waals surface area contributed by atoms with Crippen LogP contribution in [0.4, 0.5) is 0 Å². The first kappa shape index (κ1) is 26.6. The van der Waals surface area contributed by atoms with E-state index >= 15 is 0 Å². The summed E-state index contributed by atoms with van der Waals surface area (Å²) in [5.74, 6) is -0.943. The van der Waals surface area contributed by atoms with Crippen LogP contribution in [0.15, 0.2) is 59.5 Å². The van der Waals surface area contributed by atoms with E-state index in [9.17, 15) is 23.1 Å². The zero-order valence-corrected chi connectivity index (χ0v) is 20.3. The molecule has 0 bridgehead atoms. The Morgan fingerprint density at radius 2 is 1.54 bits per heavy atom. The van der Waals surface area contributed by atoms with Gasteiger partial charge >= 0.3 is 11.9 Å². The molecule has 35 heavy (non-hydrogen) atoms. The van der Waals surface area contributed by atoms with E-state index in [1.807, 2.05) is 0 Å². The topological polar surface area (TPSA) is 135 Å². The third-order valence-corrected chi connectivity index (χ3v) is 7.23. The van der Waals surface area contributed by atoms with Gasteiger partial charge in [-0.2, -0.15) is 0 Å². The Bertz CT molecular complexity index is 1100. The molecule has 1 fully saturated rings. The van der Waals surface area contributed by atoms with E-state index in [0.29, 0.717) is 5.75 Å². The summed E-state index contributed by atoms with van der Waals surface area (Å²) in [5, 5.41) is 10.9. The molecule has 0 spiro atoms. The van der Waals surface area contributed by atoms with Gasteiger partial charge in [0.1, 0.15) is 18.0 Å². The molecule has 0 radical (unpaired) electrons. The van der Waals surface area contributed by atoms with E-state index in [4.69, 9.17) is 23.7 Å². The maximum atomic E-state index is 13.4. The summed E-state index contributed by atoms with van der Waals surface area (Å²) in [6.45, 7) is 2.09. The number of carbonyl (C=O) groups is 2. The summed E-state index contributed by atoms with van der Waals surface area (Å²) in [6, 6.07) is 14.5. The maximum absolute atomic E-state index is 13.4. The molecule has 0 saturated carbocycles. The van der Waals surface area contributed by atoms with E-state index in [2.05, 4.69) is 0 Å². The Morgan fingerprint density at radius 3 is 2.11 bits per heavy atom. The molecule has 1 saturated heterocycles. The second-order valence-electron chi connectivity index (χ2n) is 7.90. The number of rotatable bonds is 9. The number of benzene rings is 2. The predicted molar refractivity (Wildman–Crippen MR) is 122 cm³/mol. The van der Waals surface area contributed by atoms with E-state index in [1.54, 1.807) is 37.4 Å². The molecular formula is C24H28O10S. The molecule has 1 aliphatic rings. The van der Waals surface area contributed by atoms with Gasteiger partial charge in [-0.15, -0.1) is 0 Å². The molecule has 0 unspecified atom stereocenters. The van der Waals surface area contributed by atoms with Gasteiger partial charge < -0.3 is 28.8 Å². The third-order valence-electron chi connectivity index (χ3n) is 5.31. The summed E-state index contributed by atoms with van der Waals surface area (Å²) in [5.41, 5.74) is -0.949. The zero-order valence-electron chi connectivity index (χ0n) is 19.5. The Labute approximate surface area is 203 Å². The molecule has 1 aliphatic heterocycles. The molecule has 2 aromatic carbocycles. The fourth-order valence-electron chi connectivity index (χ4n) is 3.68. The highest BCUT2D eigenvalue weighted by atomic mass is 32.2. The fraction of sp³-hybridized carbons (Fsp3) is 0.417. The van der Waals surface area contributed by atoms with Crippen molar-refractivity contribution in [3.8, 4) is 5.75 Å². The first-order valence-electron chi connectivity index (χ1n) is 10.8. The first-order valence-corrected chi connectivity index (χ1v) is 12.4. The van der Waals surface area contributed by atoms with Gasteiger partial charge in [0.05, 0.1) is 25.2 Å². The monoisotopic (exact) mass is 508 g/mol. The van der Waals surface area contributed by atoms with Crippen LogP contribution in [-0.2, 0) is 45.0 Å². The average molecular weight is 509 g/mol. The lowest BCUT2D eigenvalue weighted by atomic mass is 9.99. The van der Waals surface area contributed by atoms with E-state index < -0.39 is 51.6 Å². The van der Waals surface area contributed by atoms with Crippen molar-refractivity contribution >= 4 is 21.8 Å². The molecule has 190 valence electrons. The smallest absolute Gasteiger partial charge is 0.303 e. The van der Waals surface area contributed by atoms with E-state index in [1.165, 1.54) is 24.3 Å². The number of methoxy groups -OCH3 is 1. The average Bonchev–Trinajstić information content (AvgIpc) is 2.83. The number of esters is 2. The second-order valence-corrected chi connectivity index (χ2v) is 9.93. The maximum Gasteiger partial charge on any atom is 0.303 e. The molecule has 1 N–H and O–H groups in total. The normalized spacial score (nSPS) is 24.4. The lowest BCUT2D eigenvalue weighted by Gasteiger charge is -2.42. The molecule has 2 aromatic rings. The SMILES string of the molecule is COc1ccc(COC[C@H]2O[C@@H](S(=O)(=O)c3ccccc3)[C@H](OC(C)=O)[C@@H](OC(C)=O)[C@@H]2O)cc1. The van der Waals surface area contributed by atoms with Gasteiger partial charge in [-0.25, -0.2) is 8.42 Å². The number of ether oxygens (including phenoxy) is 5. The minimum absolute atomic E-state index is 0.0852. The van der Waals surface area contributed by atoms with Gasteiger partial charge in [-0.1, -0.05) is 30.3 Å². The van der Waals surface area contributed by atoms with Crippen molar-refractivity contribution in [3.05, 3.63) is 60.2 Å². The Hall–Kier alpha value is -2.99. The van der Waals surface area contributed by atoms with Gasteiger partial charge in [-0.3, -0.25) is 9.59 Å². The van der Waals surface area contributed by atoms with Crippen LogP contribution in [0.1, 0.15) is 19.4 Å². The van der Waals surface area contributed by atoms with Crippen LogP contribution < -0.4 is 4.74 Å². The molecule has 0 amide bonds. The van der Waals surface area contributed by atoms with Crippen molar-refractivity contribution in [2.45, 2.75) is 55.2 Å². The van der Waals surface area contributed by atoms with E-state index in [-0.39, 0.29) is 18.1 Å². The Kier molecular flexibility index (Phi) is 8.84. The Balaban J connectivity index is 1.87. The number of aliphatic hydroxyl groups excluding tert-OH is 1. The van der Waals surface area contributed by atoms with Crippen LogP contribution in [0, 0.1) is 0 Å². The molecule has 5 atom stereocenters. The minimum Gasteiger partial charge on any atom is -0.497 e. The standard InChI is InChI=1S/C24H28O10S/c1-15(25)32-22-21(27)20(14-31-13-17-9-11-18(30-3)12-10-17)34-24(23(22)33-16(2)26)35(28,29)19-7-5-4-6-8-19/h4-12,20-24,27H,13-14H2,1-3H3/t20-,21-,22+,23-,24+/m1/s1. The number of hydrogen-bond donors (Lipinski definition) is 1. The van der Waals surface area contributed by atoms with Crippen molar-refractivity contribution in [2.75, 3.05) is 13.7 Å². The second kappa shape index (κ2) is 11.6. The van der Waals surface area contributed by atoms with Gasteiger partial charge in [0.25, 0.3) is 0 Å². The molecule has 10 nitrogen and oxygen atoms in total. The summed E-state index contributed by atoms with van der Waals surface area (Å²) in [7, 11) is -2.69. The minimum atomic E-state index is -4.24. The lowest BCUT2D eigenvalue weighted by Crippen LogP contribution is -2.62. The third kappa shape index (κ3) is 6.57. The van der Waals surface area contributed by atoms with Crippen LogP contribution >= 0.6 is 0 Å². The lowest BCUT2D eigenvalue weighted by molar-refractivity contribution is -0.232. The number of aliphatic hydroxyl groups is 1. The van der Waals surface area contributed by atoms with Crippen LogP contribution in [0.2, 0.25) is 0 Å². The number of hydrogen-bond acceptors (Lipinski definition) is 10. The van der Waals surface area contributed by atoms with Crippen LogP contribution in [0.5, 0.6) is 5.75 Å². The fourth-order valence-corrected chi connectivity index (χ4v) is 5.34. The highest BCUT2D eigenvalue weighted by Gasteiger charge is 2.54. The van der Waals surface area contributed by atoms with Gasteiger partial charge in [0.2, 0.25) is 15.3 Å².